The second-order valence-corrected chi connectivity index (χ2v) is 11.2. The number of rotatable bonds is 3. The van der Waals surface area contributed by atoms with Gasteiger partial charge in [0.15, 0.2) is 0 Å². The Morgan fingerprint density at radius 2 is 1.57 bits per heavy atom. The molecule has 1 heterocycles. The molecule has 4 rings (SSSR count). The number of sulfonamides is 1. The summed E-state index contributed by atoms with van der Waals surface area (Å²) in [6.45, 7) is 0. The van der Waals surface area contributed by atoms with Gasteiger partial charge < -0.3 is 0 Å². The van der Waals surface area contributed by atoms with E-state index in [-0.39, 0.29) is 16.6 Å². The first-order valence-corrected chi connectivity index (χ1v) is 12.4. The Morgan fingerprint density at radius 1 is 1.00 bits per heavy atom. The van der Waals surface area contributed by atoms with E-state index in [0.29, 0.717) is 20.9 Å². The van der Waals surface area contributed by atoms with E-state index >= 15 is 0 Å². The van der Waals surface area contributed by atoms with Gasteiger partial charge in [0.2, 0.25) is 10.0 Å². The quantitative estimate of drug-likeness (QED) is 0.742. The second kappa shape index (κ2) is 7.29. The Kier molecular flexibility index (Phi) is 5.25. The molecule has 0 saturated heterocycles. The summed E-state index contributed by atoms with van der Waals surface area (Å²) < 4.78 is 32.6. The molecule has 1 aromatic heterocycles. The zero-order chi connectivity index (χ0) is 20.1. The number of aromatic nitrogens is 2. The van der Waals surface area contributed by atoms with Gasteiger partial charge in [-0.1, -0.05) is 19.3 Å². The smallest absolute Gasteiger partial charge is 0.295 e. The van der Waals surface area contributed by atoms with Gasteiger partial charge in [0, 0.05) is 24.6 Å². The molecule has 0 radical (unpaired) electrons. The molecule has 6 nitrogen and oxygen atoms in total. The summed E-state index contributed by atoms with van der Waals surface area (Å²) in [6.07, 6.45) is 10.6. The first-order valence-electron chi connectivity index (χ1n) is 10.1. The third-order valence-corrected chi connectivity index (χ3v) is 9.38. The van der Waals surface area contributed by atoms with E-state index in [1.165, 1.54) is 41.2 Å². The van der Waals surface area contributed by atoms with Gasteiger partial charge in [-0.05, 0) is 72.0 Å². The fourth-order valence-corrected chi connectivity index (χ4v) is 7.49. The number of hydrogen-bond acceptors (Lipinski definition) is 3. The van der Waals surface area contributed by atoms with Crippen molar-refractivity contribution >= 4 is 37.0 Å². The van der Waals surface area contributed by atoms with Crippen molar-refractivity contribution in [2.45, 2.75) is 68.7 Å². The van der Waals surface area contributed by atoms with Crippen molar-refractivity contribution in [3.63, 3.8) is 0 Å². The number of hydrogen-bond donors (Lipinski definition) is 1. The first kappa shape index (κ1) is 20.2. The molecular weight excluding hydrogens is 442 g/mol. The third-order valence-electron chi connectivity index (χ3n) is 6.90. The zero-order valence-corrected chi connectivity index (χ0v) is 18.9. The van der Waals surface area contributed by atoms with Crippen molar-refractivity contribution in [3.8, 4) is 0 Å². The minimum absolute atomic E-state index is 0.0141. The van der Waals surface area contributed by atoms with Gasteiger partial charge in [0.25, 0.3) is 0 Å². The van der Waals surface area contributed by atoms with Gasteiger partial charge in [-0.25, -0.2) is 17.9 Å². The molecule has 0 amide bonds. The van der Waals surface area contributed by atoms with Crippen LogP contribution in [0.1, 0.15) is 57.8 Å². The van der Waals surface area contributed by atoms with Crippen molar-refractivity contribution in [1.82, 2.24) is 13.9 Å². The van der Waals surface area contributed by atoms with Crippen LogP contribution in [0.4, 0.5) is 0 Å². The molecule has 0 bridgehead atoms. The van der Waals surface area contributed by atoms with E-state index in [2.05, 4.69) is 20.7 Å². The summed E-state index contributed by atoms with van der Waals surface area (Å²) in [4.78, 5) is 12.4. The van der Waals surface area contributed by atoms with Gasteiger partial charge in [0.1, 0.15) is 0 Å². The maximum Gasteiger partial charge on any atom is 0.328 e. The molecule has 0 aliphatic heterocycles. The van der Waals surface area contributed by atoms with Crippen LogP contribution in [0.15, 0.2) is 26.3 Å². The molecule has 2 aliphatic carbocycles. The van der Waals surface area contributed by atoms with E-state index in [0.717, 1.165) is 25.7 Å². The fraction of sp³-hybridized carbons (Fsp3) is 0.650. The Hall–Kier alpha value is -1.12. The highest BCUT2D eigenvalue weighted by atomic mass is 79.9. The summed E-state index contributed by atoms with van der Waals surface area (Å²) in [5, 5.41) is 0. The average molecular weight is 470 g/mol. The van der Waals surface area contributed by atoms with Crippen molar-refractivity contribution < 1.29 is 8.42 Å². The normalized spacial score (nSPS) is 20.8. The monoisotopic (exact) mass is 469 g/mol. The lowest BCUT2D eigenvalue weighted by Gasteiger charge is -2.43. The van der Waals surface area contributed by atoms with Gasteiger partial charge in [0.05, 0.1) is 15.9 Å². The lowest BCUT2D eigenvalue weighted by molar-refractivity contribution is 0.112. The zero-order valence-electron chi connectivity index (χ0n) is 16.5. The molecule has 2 fully saturated rings. The average Bonchev–Trinajstić information content (AvgIpc) is 2.87. The molecule has 154 valence electrons. The highest BCUT2D eigenvalue weighted by Crippen LogP contribution is 2.47. The Labute approximate surface area is 174 Å². The van der Waals surface area contributed by atoms with Crippen molar-refractivity contribution in [2.24, 2.45) is 19.5 Å². The number of nitrogens with one attached hydrogen (secondary N) is 1. The van der Waals surface area contributed by atoms with Gasteiger partial charge in [-0.3, -0.25) is 9.13 Å². The first-order chi connectivity index (χ1) is 13.2. The van der Waals surface area contributed by atoms with Gasteiger partial charge >= 0.3 is 5.69 Å². The van der Waals surface area contributed by atoms with E-state index in [1.54, 1.807) is 26.2 Å². The van der Waals surface area contributed by atoms with Gasteiger partial charge in [-0.2, -0.15) is 0 Å². The predicted octanol–water partition coefficient (Wildman–Crippen LogP) is 3.81. The Balaban J connectivity index is 1.56. The van der Waals surface area contributed by atoms with Crippen LogP contribution < -0.4 is 10.4 Å². The van der Waals surface area contributed by atoms with Crippen LogP contribution in [0.2, 0.25) is 0 Å². The summed E-state index contributed by atoms with van der Waals surface area (Å²) >= 11 is 3.40. The molecule has 2 saturated carbocycles. The van der Waals surface area contributed by atoms with Crippen molar-refractivity contribution in [3.05, 3.63) is 27.1 Å². The minimum Gasteiger partial charge on any atom is -0.295 e. The molecule has 1 aromatic carbocycles. The topological polar surface area (TPSA) is 73.1 Å². The maximum absolute atomic E-state index is 13.1. The van der Waals surface area contributed by atoms with E-state index in [4.69, 9.17) is 0 Å². The number of nitrogens with zero attached hydrogens (tertiary/aromatic N) is 2. The Morgan fingerprint density at radius 3 is 2.18 bits per heavy atom. The van der Waals surface area contributed by atoms with E-state index in [1.807, 2.05) is 0 Å². The molecule has 2 aliphatic rings. The standard InChI is InChI=1S/C20H28BrN3O3S/c1-23-16-12-15(21)18(13-17(16)24(2)19(23)25)28(26,27)22-14-6-10-20(11-7-14)8-4-3-5-9-20/h12-14,22H,3-11H2,1-2H3. The number of halogens is 1. The van der Waals surface area contributed by atoms with Crippen LogP contribution in [-0.4, -0.2) is 23.6 Å². The predicted molar refractivity (Wildman–Crippen MR) is 114 cm³/mol. The van der Waals surface area contributed by atoms with Crippen molar-refractivity contribution in [1.29, 1.82) is 0 Å². The number of fused-ring (bicyclic) bond motifs is 1. The molecule has 0 unspecified atom stereocenters. The molecule has 1 N–H and O–H groups in total. The lowest BCUT2D eigenvalue weighted by Crippen LogP contribution is -2.41. The summed E-state index contributed by atoms with van der Waals surface area (Å²) in [7, 11) is -0.319. The number of benzene rings is 1. The summed E-state index contributed by atoms with van der Waals surface area (Å²) in [5.41, 5.74) is 1.60. The van der Waals surface area contributed by atoms with E-state index < -0.39 is 10.0 Å². The SMILES string of the molecule is Cn1c(=O)n(C)c2cc(S(=O)(=O)NC3CCC4(CCCCC4)CC3)c(Br)cc21. The van der Waals surface area contributed by atoms with Crippen LogP contribution in [0.25, 0.3) is 11.0 Å². The summed E-state index contributed by atoms with van der Waals surface area (Å²) in [5.74, 6) is 0. The van der Waals surface area contributed by atoms with Crippen molar-refractivity contribution in [2.75, 3.05) is 0 Å². The number of imidazole rings is 1. The minimum atomic E-state index is -3.67. The van der Waals surface area contributed by atoms with Crippen LogP contribution in [-0.2, 0) is 24.1 Å². The Bertz CT molecular complexity index is 1050. The van der Waals surface area contributed by atoms with Crippen LogP contribution in [0.5, 0.6) is 0 Å². The molecule has 28 heavy (non-hydrogen) atoms. The molecule has 0 atom stereocenters. The van der Waals surface area contributed by atoms with Crippen LogP contribution >= 0.6 is 15.9 Å². The molecule has 8 heteroatoms. The van der Waals surface area contributed by atoms with Crippen LogP contribution in [0.3, 0.4) is 0 Å². The summed E-state index contributed by atoms with van der Waals surface area (Å²) in [6, 6.07) is 3.29. The molecule has 2 aromatic rings. The molecular formula is C20H28BrN3O3S. The fourth-order valence-electron chi connectivity index (χ4n) is 5.14. The highest BCUT2D eigenvalue weighted by Gasteiger charge is 2.37. The van der Waals surface area contributed by atoms with Gasteiger partial charge in [-0.15, -0.1) is 0 Å². The highest BCUT2D eigenvalue weighted by molar-refractivity contribution is 9.10. The largest absolute Gasteiger partial charge is 0.328 e. The maximum atomic E-state index is 13.1. The van der Waals surface area contributed by atoms with Crippen LogP contribution in [0, 0.1) is 5.41 Å². The third kappa shape index (κ3) is 3.48. The second-order valence-electron chi connectivity index (χ2n) is 8.63. The number of aryl methyl sites for hydroxylation is 2. The lowest BCUT2D eigenvalue weighted by atomic mass is 9.64. The molecule has 1 spiro atoms. The van der Waals surface area contributed by atoms with E-state index in [9.17, 15) is 13.2 Å².